The SMILES string of the molecule is CC(N)=CCc1ccccc1. The fourth-order valence-electron chi connectivity index (χ4n) is 0.893. The van der Waals surface area contributed by atoms with Crippen LogP contribution in [0.2, 0.25) is 0 Å². The Morgan fingerprint density at radius 3 is 2.55 bits per heavy atom. The van der Waals surface area contributed by atoms with Gasteiger partial charge in [0.1, 0.15) is 0 Å². The highest BCUT2D eigenvalue weighted by Crippen LogP contribution is 2.00. The van der Waals surface area contributed by atoms with Crippen LogP contribution >= 0.6 is 0 Å². The minimum Gasteiger partial charge on any atom is -0.403 e. The van der Waals surface area contributed by atoms with Crippen LogP contribution < -0.4 is 5.73 Å². The quantitative estimate of drug-likeness (QED) is 0.681. The highest BCUT2D eigenvalue weighted by atomic mass is 14.5. The Morgan fingerprint density at radius 2 is 2.00 bits per heavy atom. The average Bonchev–Trinajstić information content (AvgIpc) is 2.03. The van der Waals surface area contributed by atoms with E-state index in [9.17, 15) is 0 Å². The summed E-state index contributed by atoms with van der Waals surface area (Å²) in [5.41, 5.74) is 7.69. The van der Waals surface area contributed by atoms with Crippen molar-refractivity contribution in [3.8, 4) is 0 Å². The van der Waals surface area contributed by atoms with Crippen LogP contribution in [0.15, 0.2) is 42.1 Å². The summed E-state index contributed by atoms with van der Waals surface area (Å²) >= 11 is 0. The van der Waals surface area contributed by atoms with E-state index in [4.69, 9.17) is 5.73 Å². The second-order valence-electron chi connectivity index (χ2n) is 2.64. The molecule has 0 aliphatic heterocycles. The van der Waals surface area contributed by atoms with Crippen LogP contribution in [0.1, 0.15) is 12.5 Å². The predicted octanol–water partition coefficient (Wildman–Crippen LogP) is 2.09. The zero-order chi connectivity index (χ0) is 8.10. The van der Waals surface area contributed by atoms with Gasteiger partial charge < -0.3 is 5.73 Å². The third-order valence-electron chi connectivity index (χ3n) is 1.50. The zero-order valence-electron chi connectivity index (χ0n) is 6.75. The van der Waals surface area contributed by atoms with E-state index in [0.29, 0.717) is 0 Å². The molecule has 0 unspecified atom stereocenters. The summed E-state index contributed by atoms with van der Waals surface area (Å²) in [4.78, 5) is 0. The number of rotatable bonds is 2. The van der Waals surface area contributed by atoms with E-state index in [1.807, 2.05) is 31.2 Å². The Bertz CT molecular complexity index is 232. The van der Waals surface area contributed by atoms with Crippen molar-refractivity contribution in [2.24, 2.45) is 5.73 Å². The molecule has 1 aromatic carbocycles. The lowest BCUT2D eigenvalue weighted by molar-refractivity contribution is 1.19. The van der Waals surface area contributed by atoms with Crippen molar-refractivity contribution in [1.29, 1.82) is 0 Å². The van der Waals surface area contributed by atoms with Gasteiger partial charge in [-0.15, -0.1) is 0 Å². The van der Waals surface area contributed by atoms with E-state index in [-0.39, 0.29) is 0 Å². The van der Waals surface area contributed by atoms with E-state index in [2.05, 4.69) is 12.1 Å². The Labute approximate surface area is 67.5 Å². The van der Waals surface area contributed by atoms with Gasteiger partial charge in [-0.25, -0.2) is 0 Å². The molecule has 11 heavy (non-hydrogen) atoms. The van der Waals surface area contributed by atoms with Gasteiger partial charge in [-0.05, 0) is 18.9 Å². The number of hydrogen-bond donors (Lipinski definition) is 1. The van der Waals surface area contributed by atoms with Crippen LogP contribution in [0.5, 0.6) is 0 Å². The topological polar surface area (TPSA) is 26.0 Å². The molecule has 58 valence electrons. The Morgan fingerprint density at radius 1 is 1.36 bits per heavy atom. The molecular formula is C10H13N. The van der Waals surface area contributed by atoms with Crippen molar-refractivity contribution in [3.05, 3.63) is 47.7 Å². The van der Waals surface area contributed by atoms with Crippen LogP contribution in [-0.4, -0.2) is 0 Å². The second kappa shape index (κ2) is 3.81. The summed E-state index contributed by atoms with van der Waals surface area (Å²) in [6.07, 6.45) is 2.96. The van der Waals surface area contributed by atoms with E-state index >= 15 is 0 Å². The summed E-state index contributed by atoms with van der Waals surface area (Å²) in [7, 11) is 0. The van der Waals surface area contributed by atoms with Crippen molar-refractivity contribution >= 4 is 0 Å². The third kappa shape index (κ3) is 2.89. The fraction of sp³-hybridized carbons (Fsp3) is 0.200. The maximum atomic E-state index is 5.50. The summed E-state index contributed by atoms with van der Waals surface area (Å²) in [5, 5.41) is 0. The van der Waals surface area contributed by atoms with E-state index < -0.39 is 0 Å². The third-order valence-corrected chi connectivity index (χ3v) is 1.50. The predicted molar refractivity (Wildman–Crippen MR) is 48.1 cm³/mol. The van der Waals surface area contributed by atoms with Gasteiger partial charge in [0.15, 0.2) is 0 Å². The first-order chi connectivity index (χ1) is 5.29. The highest BCUT2D eigenvalue weighted by Gasteiger charge is 1.85. The minimum absolute atomic E-state index is 0.883. The monoisotopic (exact) mass is 147 g/mol. The fourth-order valence-corrected chi connectivity index (χ4v) is 0.893. The van der Waals surface area contributed by atoms with Crippen molar-refractivity contribution in [2.45, 2.75) is 13.3 Å². The molecule has 0 spiro atoms. The largest absolute Gasteiger partial charge is 0.403 e. The summed E-state index contributed by atoms with van der Waals surface area (Å²) in [6, 6.07) is 10.3. The number of hydrogen-bond acceptors (Lipinski definition) is 1. The van der Waals surface area contributed by atoms with Crippen LogP contribution in [0.25, 0.3) is 0 Å². The van der Waals surface area contributed by atoms with Crippen molar-refractivity contribution in [1.82, 2.24) is 0 Å². The van der Waals surface area contributed by atoms with E-state index in [1.54, 1.807) is 0 Å². The molecule has 1 rings (SSSR count). The second-order valence-corrected chi connectivity index (χ2v) is 2.64. The molecule has 0 aliphatic carbocycles. The maximum absolute atomic E-state index is 5.50. The van der Waals surface area contributed by atoms with Crippen molar-refractivity contribution in [3.63, 3.8) is 0 Å². The van der Waals surface area contributed by atoms with Gasteiger partial charge in [0.25, 0.3) is 0 Å². The van der Waals surface area contributed by atoms with Crippen LogP contribution in [0.4, 0.5) is 0 Å². The van der Waals surface area contributed by atoms with Gasteiger partial charge in [-0.2, -0.15) is 0 Å². The normalized spacial score (nSPS) is 11.5. The van der Waals surface area contributed by atoms with E-state index in [1.165, 1.54) is 5.56 Å². The molecule has 0 heterocycles. The van der Waals surface area contributed by atoms with Crippen LogP contribution in [0, 0.1) is 0 Å². The van der Waals surface area contributed by atoms with Gasteiger partial charge in [0.2, 0.25) is 0 Å². The van der Waals surface area contributed by atoms with Gasteiger partial charge in [0, 0.05) is 5.70 Å². The molecule has 0 saturated heterocycles. The molecule has 1 heteroatoms. The standard InChI is InChI=1S/C10H13N/c1-9(11)7-8-10-5-3-2-4-6-10/h2-7H,8,11H2,1H3. The molecule has 0 bridgehead atoms. The molecule has 2 N–H and O–H groups in total. The lowest BCUT2D eigenvalue weighted by Crippen LogP contribution is -1.91. The zero-order valence-corrected chi connectivity index (χ0v) is 6.75. The molecule has 0 saturated carbocycles. The maximum Gasteiger partial charge on any atom is 0.00117 e. The van der Waals surface area contributed by atoms with Gasteiger partial charge in [-0.3, -0.25) is 0 Å². The average molecular weight is 147 g/mol. The lowest BCUT2D eigenvalue weighted by atomic mass is 10.1. The molecular weight excluding hydrogens is 134 g/mol. The number of benzene rings is 1. The molecule has 0 amide bonds. The first kappa shape index (κ1) is 7.86. The molecule has 0 radical (unpaired) electrons. The van der Waals surface area contributed by atoms with Gasteiger partial charge >= 0.3 is 0 Å². The summed E-state index contributed by atoms with van der Waals surface area (Å²) < 4.78 is 0. The van der Waals surface area contributed by atoms with Crippen molar-refractivity contribution < 1.29 is 0 Å². The first-order valence-electron chi connectivity index (χ1n) is 3.75. The molecule has 0 atom stereocenters. The Kier molecular flexibility index (Phi) is 2.73. The molecule has 0 fully saturated rings. The Balaban J connectivity index is 2.59. The summed E-state index contributed by atoms with van der Waals surface area (Å²) in [6.45, 7) is 1.91. The lowest BCUT2D eigenvalue weighted by Gasteiger charge is -1.94. The number of allylic oxidation sites excluding steroid dienone is 2. The molecule has 0 aliphatic rings. The highest BCUT2D eigenvalue weighted by molar-refractivity contribution is 5.18. The van der Waals surface area contributed by atoms with E-state index in [0.717, 1.165) is 12.1 Å². The van der Waals surface area contributed by atoms with Gasteiger partial charge in [0.05, 0.1) is 0 Å². The Hall–Kier alpha value is -1.24. The molecule has 1 nitrogen and oxygen atoms in total. The first-order valence-corrected chi connectivity index (χ1v) is 3.75. The molecule has 1 aromatic rings. The summed E-state index contributed by atoms with van der Waals surface area (Å²) in [5.74, 6) is 0. The van der Waals surface area contributed by atoms with Crippen molar-refractivity contribution in [2.75, 3.05) is 0 Å². The smallest absolute Gasteiger partial charge is 0.00117 e. The van der Waals surface area contributed by atoms with Crippen LogP contribution in [0.3, 0.4) is 0 Å². The van der Waals surface area contributed by atoms with Crippen LogP contribution in [-0.2, 0) is 6.42 Å². The number of nitrogens with two attached hydrogens (primary N) is 1. The minimum atomic E-state index is 0.883. The van der Waals surface area contributed by atoms with Gasteiger partial charge in [-0.1, -0.05) is 36.4 Å². The molecule has 0 aromatic heterocycles.